The topological polar surface area (TPSA) is 46.3 Å². The first-order chi connectivity index (χ1) is 9.13. The maximum atomic E-state index is 12.5. The molecule has 1 aliphatic carbocycles. The number of nitrogens with zero attached hydrogens (tertiary/aromatic N) is 1. The molecule has 4 heteroatoms. The molecule has 0 radical (unpaired) electrons. The second kappa shape index (κ2) is 5.25. The van der Waals surface area contributed by atoms with Gasteiger partial charge in [-0.15, -0.1) is 0 Å². The number of fused-ring (bicyclic) bond motifs is 1. The Kier molecular flexibility index (Phi) is 3.63. The van der Waals surface area contributed by atoms with Gasteiger partial charge in [-0.1, -0.05) is 22.0 Å². The van der Waals surface area contributed by atoms with Crippen molar-refractivity contribution in [1.82, 2.24) is 4.90 Å². The third-order valence-corrected chi connectivity index (χ3v) is 4.79. The number of likely N-dealkylation sites (tertiary alicyclic amines) is 1. The lowest BCUT2D eigenvalue weighted by Crippen LogP contribution is -2.45. The highest BCUT2D eigenvalue weighted by Gasteiger charge is 2.32. The summed E-state index contributed by atoms with van der Waals surface area (Å²) in [5.41, 5.74) is 8.54. The smallest absolute Gasteiger partial charge is 0.226 e. The van der Waals surface area contributed by atoms with E-state index >= 15 is 0 Å². The number of hydrogen-bond donors (Lipinski definition) is 1. The molecule has 1 unspecified atom stereocenters. The number of hydrogen-bond acceptors (Lipinski definition) is 2. The summed E-state index contributed by atoms with van der Waals surface area (Å²) in [4.78, 5) is 14.5. The van der Waals surface area contributed by atoms with E-state index in [0.29, 0.717) is 5.91 Å². The summed E-state index contributed by atoms with van der Waals surface area (Å²) >= 11 is 3.50. The van der Waals surface area contributed by atoms with Crippen LogP contribution in [-0.4, -0.2) is 29.9 Å². The first kappa shape index (κ1) is 13.1. The van der Waals surface area contributed by atoms with Crippen LogP contribution in [0.15, 0.2) is 22.7 Å². The molecule has 0 saturated carbocycles. The molecule has 1 amide bonds. The summed E-state index contributed by atoms with van der Waals surface area (Å²) in [6.07, 6.45) is 3.66. The first-order valence-corrected chi connectivity index (χ1v) is 7.74. The molecule has 3 nitrogen and oxygen atoms in total. The van der Waals surface area contributed by atoms with Crippen molar-refractivity contribution >= 4 is 21.8 Å². The molecule has 3 rings (SSSR count). The maximum Gasteiger partial charge on any atom is 0.226 e. The minimum Gasteiger partial charge on any atom is -0.342 e. The molecule has 0 aromatic heterocycles. The van der Waals surface area contributed by atoms with E-state index < -0.39 is 0 Å². The zero-order valence-electron chi connectivity index (χ0n) is 10.9. The van der Waals surface area contributed by atoms with E-state index in [0.717, 1.165) is 43.2 Å². The Morgan fingerprint density at radius 2 is 1.89 bits per heavy atom. The highest BCUT2D eigenvalue weighted by molar-refractivity contribution is 9.10. The SMILES string of the molecule is NC1CCN(C(=O)C2Cc3ccc(Br)cc3C2)CC1. The molecule has 1 heterocycles. The number of piperidine rings is 1. The molecule has 1 aliphatic heterocycles. The van der Waals surface area contributed by atoms with Crippen molar-refractivity contribution in [3.63, 3.8) is 0 Å². The number of halogens is 1. The normalized spacial score (nSPS) is 23.5. The van der Waals surface area contributed by atoms with E-state index in [1.165, 1.54) is 11.1 Å². The van der Waals surface area contributed by atoms with Gasteiger partial charge in [-0.25, -0.2) is 0 Å². The van der Waals surface area contributed by atoms with E-state index in [-0.39, 0.29) is 12.0 Å². The molecular weight excluding hydrogens is 304 g/mol. The predicted octanol–water partition coefficient (Wildman–Crippen LogP) is 2.11. The molecule has 19 heavy (non-hydrogen) atoms. The van der Waals surface area contributed by atoms with Crippen LogP contribution in [0.3, 0.4) is 0 Å². The molecule has 1 aromatic rings. The fraction of sp³-hybridized carbons (Fsp3) is 0.533. The van der Waals surface area contributed by atoms with Gasteiger partial charge < -0.3 is 10.6 Å². The highest BCUT2D eigenvalue weighted by atomic mass is 79.9. The molecule has 1 atom stereocenters. The first-order valence-electron chi connectivity index (χ1n) is 6.95. The van der Waals surface area contributed by atoms with Crippen LogP contribution in [0.25, 0.3) is 0 Å². The molecule has 2 N–H and O–H groups in total. The van der Waals surface area contributed by atoms with Gasteiger partial charge in [0.25, 0.3) is 0 Å². The molecule has 102 valence electrons. The number of benzene rings is 1. The Morgan fingerprint density at radius 1 is 1.21 bits per heavy atom. The zero-order valence-corrected chi connectivity index (χ0v) is 12.5. The summed E-state index contributed by atoms with van der Waals surface area (Å²) in [6, 6.07) is 6.62. The lowest BCUT2D eigenvalue weighted by atomic mass is 10.0. The van der Waals surface area contributed by atoms with E-state index in [9.17, 15) is 4.79 Å². The molecule has 1 fully saturated rings. The highest BCUT2D eigenvalue weighted by Crippen LogP contribution is 2.30. The molecule has 1 aromatic carbocycles. The number of carbonyl (C=O) groups excluding carboxylic acids is 1. The Bertz CT molecular complexity index is 495. The molecule has 2 aliphatic rings. The lowest BCUT2D eigenvalue weighted by Gasteiger charge is -2.32. The van der Waals surface area contributed by atoms with Crippen molar-refractivity contribution < 1.29 is 4.79 Å². The van der Waals surface area contributed by atoms with Crippen molar-refractivity contribution in [2.45, 2.75) is 31.7 Å². The van der Waals surface area contributed by atoms with Gasteiger partial charge in [0.05, 0.1) is 0 Å². The quantitative estimate of drug-likeness (QED) is 0.860. The predicted molar refractivity (Wildman–Crippen MR) is 78.8 cm³/mol. The third kappa shape index (κ3) is 2.70. The van der Waals surface area contributed by atoms with Gasteiger partial charge >= 0.3 is 0 Å². The van der Waals surface area contributed by atoms with Gasteiger partial charge in [0, 0.05) is 29.5 Å². The van der Waals surface area contributed by atoms with Gasteiger partial charge in [0.15, 0.2) is 0 Å². The summed E-state index contributed by atoms with van der Waals surface area (Å²) in [5, 5.41) is 0. The van der Waals surface area contributed by atoms with Crippen LogP contribution < -0.4 is 5.73 Å². The number of carbonyl (C=O) groups is 1. The van der Waals surface area contributed by atoms with Crippen LogP contribution in [0.5, 0.6) is 0 Å². The van der Waals surface area contributed by atoms with Crippen molar-refractivity contribution in [3.8, 4) is 0 Å². The Hall–Kier alpha value is -0.870. The average molecular weight is 323 g/mol. The van der Waals surface area contributed by atoms with Gasteiger partial charge in [0.2, 0.25) is 5.91 Å². The van der Waals surface area contributed by atoms with Crippen LogP contribution in [0.1, 0.15) is 24.0 Å². The van der Waals surface area contributed by atoms with Gasteiger partial charge in [-0.2, -0.15) is 0 Å². The molecule has 1 saturated heterocycles. The van der Waals surface area contributed by atoms with Crippen LogP contribution in [0.4, 0.5) is 0 Å². The lowest BCUT2D eigenvalue weighted by molar-refractivity contribution is -0.136. The van der Waals surface area contributed by atoms with Crippen LogP contribution in [0, 0.1) is 5.92 Å². The van der Waals surface area contributed by atoms with Crippen LogP contribution >= 0.6 is 15.9 Å². The third-order valence-electron chi connectivity index (χ3n) is 4.30. The summed E-state index contributed by atoms with van der Waals surface area (Å²) < 4.78 is 1.10. The Morgan fingerprint density at radius 3 is 2.63 bits per heavy atom. The van der Waals surface area contributed by atoms with Crippen molar-refractivity contribution in [3.05, 3.63) is 33.8 Å². The fourth-order valence-corrected chi connectivity index (χ4v) is 3.55. The molecule has 0 spiro atoms. The standard InChI is InChI=1S/C15H19BrN2O/c16-13-2-1-10-7-12(8-11(10)9-13)15(19)18-5-3-14(17)4-6-18/h1-2,9,12,14H,3-8,17H2. The zero-order chi connectivity index (χ0) is 13.4. The monoisotopic (exact) mass is 322 g/mol. The summed E-state index contributed by atoms with van der Waals surface area (Å²) in [7, 11) is 0. The van der Waals surface area contributed by atoms with Gasteiger partial charge in [0.1, 0.15) is 0 Å². The van der Waals surface area contributed by atoms with E-state index in [2.05, 4.69) is 34.1 Å². The molecular formula is C15H19BrN2O. The Balaban J connectivity index is 1.67. The summed E-state index contributed by atoms with van der Waals surface area (Å²) in [5.74, 6) is 0.456. The minimum atomic E-state index is 0.138. The van der Waals surface area contributed by atoms with Gasteiger partial charge in [-0.05, 0) is 48.9 Å². The average Bonchev–Trinajstić information content (AvgIpc) is 2.81. The number of amides is 1. The number of rotatable bonds is 1. The largest absolute Gasteiger partial charge is 0.342 e. The van der Waals surface area contributed by atoms with Crippen molar-refractivity contribution in [1.29, 1.82) is 0 Å². The summed E-state index contributed by atoms with van der Waals surface area (Å²) in [6.45, 7) is 1.66. The van der Waals surface area contributed by atoms with E-state index in [1.807, 2.05) is 4.90 Å². The second-order valence-corrected chi connectivity index (χ2v) is 6.60. The molecule has 0 bridgehead atoms. The van der Waals surface area contributed by atoms with Crippen molar-refractivity contribution in [2.75, 3.05) is 13.1 Å². The minimum absolute atomic E-state index is 0.138. The van der Waals surface area contributed by atoms with Crippen LogP contribution in [-0.2, 0) is 17.6 Å². The maximum absolute atomic E-state index is 12.5. The van der Waals surface area contributed by atoms with E-state index in [1.54, 1.807) is 0 Å². The van der Waals surface area contributed by atoms with Gasteiger partial charge in [-0.3, -0.25) is 4.79 Å². The number of nitrogens with two attached hydrogens (primary N) is 1. The second-order valence-electron chi connectivity index (χ2n) is 5.68. The Labute approximate surface area is 122 Å². The van der Waals surface area contributed by atoms with Crippen LogP contribution in [0.2, 0.25) is 0 Å². The van der Waals surface area contributed by atoms with E-state index in [4.69, 9.17) is 5.73 Å². The van der Waals surface area contributed by atoms with Crippen molar-refractivity contribution in [2.24, 2.45) is 11.7 Å². The fourth-order valence-electron chi connectivity index (χ4n) is 3.14.